The Morgan fingerprint density at radius 2 is 2.20 bits per heavy atom. The lowest BCUT2D eigenvalue weighted by Crippen LogP contribution is -2.58. The van der Waals surface area contributed by atoms with Gasteiger partial charge in [-0.2, -0.15) is 0 Å². The molecule has 0 spiro atoms. The highest BCUT2D eigenvalue weighted by molar-refractivity contribution is 5.53. The van der Waals surface area contributed by atoms with Crippen molar-refractivity contribution in [3.8, 4) is 5.88 Å². The number of anilines is 1. The fraction of sp³-hybridized carbons (Fsp3) is 0.688. The molecule has 0 aromatic carbocycles. The van der Waals surface area contributed by atoms with E-state index in [0.29, 0.717) is 23.9 Å². The number of hydrogen-bond donors (Lipinski definition) is 1. The quantitative estimate of drug-likeness (QED) is 0.866. The Hall–Kier alpha value is -1.29. The van der Waals surface area contributed by atoms with Crippen LogP contribution in [0.4, 0.5) is 5.69 Å². The summed E-state index contributed by atoms with van der Waals surface area (Å²) >= 11 is 0. The summed E-state index contributed by atoms with van der Waals surface area (Å²) in [4.78, 5) is 4.22. The number of nitrogens with zero attached hydrogens (tertiary/aromatic N) is 1. The van der Waals surface area contributed by atoms with Gasteiger partial charge in [-0.15, -0.1) is 0 Å². The normalized spacial score (nSPS) is 24.3. The molecule has 4 heteroatoms. The second-order valence-electron chi connectivity index (χ2n) is 6.53. The van der Waals surface area contributed by atoms with Crippen molar-refractivity contribution in [1.29, 1.82) is 0 Å². The standard InChI is InChI=1S/C16H26N2O2/c1-11(2)10-20-14-9-13(16(14,3)4)18-12-7-6-8-17-15(12)19-5/h6-8,11,13-14,18H,9-10H2,1-5H3. The smallest absolute Gasteiger partial charge is 0.237 e. The van der Waals surface area contributed by atoms with Crippen molar-refractivity contribution >= 4 is 5.69 Å². The maximum atomic E-state index is 5.99. The van der Waals surface area contributed by atoms with Gasteiger partial charge < -0.3 is 14.8 Å². The van der Waals surface area contributed by atoms with Crippen molar-refractivity contribution in [1.82, 2.24) is 4.98 Å². The van der Waals surface area contributed by atoms with Crippen LogP contribution in [-0.2, 0) is 4.74 Å². The van der Waals surface area contributed by atoms with Gasteiger partial charge in [-0.05, 0) is 24.5 Å². The van der Waals surface area contributed by atoms with Gasteiger partial charge in [0.25, 0.3) is 0 Å². The Morgan fingerprint density at radius 1 is 1.45 bits per heavy atom. The highest BCUT2D eigenvalue weighted by Crippen LogP contribution is 2.45. The third kappa shape index (κ3) is 3.06. The minimum Gasteiger partial charge on any atom is -0.480 e. The molecule has 1 aliphatic rings. The lowest BCUT2D eigenvalue weighted by atomic mass is 9.64. The van der Waals surface area contributed by atoms with Crippen molar-refractivity contribution in [2.45, 2.75) is 46.3 Å². The molecule has 2 atom stereocenters. The average molecular weight is 278 g/mol. The fourth-order valence-corrected chi connectivity index (χ4v) is 2.57. The van der Waals surface area contributed by atoms with Crippen LogP contribution < -0.4 is 10.1 Å². The van der Waals surface area contributed by atoms with E-state index in [0.717, 1.165) is 18.7 Å². The molecular formula is C16H26N2O2. The molecule has 1 aliphatic carbocycles. The maximum absolute atomic E-state index is 5.99. The summed E-state index contributed by atoms with van der Waals surface area (Å²) < 4.78 is 11.3. The predicted molar refractivity (Wildman–Crippen MR) is 81.2 cm³/mol. The molecule has 1 fully saturated rings. The molecule has 2 unspecified atom stereocenters. The molecule has 0 saturated heterocycles. The summed E-state index contributed by atoms with van der Waals surface area (Å²) in [5.41, 5.74) is 1.07. The monoisotopic (exact) mass is 278 g/mol. The summed E-state index contributed by atoms with van der Waals surface area (Å²) in [6, 6.07) is 4.31. The highest BCUT2D eigenvalue weighted by Gasteiger charge is 2.49. The number of nitrogens with one attached hydrogen (secondary N) is 1. The number of ether oxygens (including phenoxy) is 2. The van der Waals surface area contributed by atoms with Crippen LogP contribution in [-0.4, -0.2) is 30.8 Å². The zero-order valence-corrected chi connectivity index (χ0v) is 13.1. The summed E-state index contributed by atoms with van der Waals surface area (Å²) in [6.07, 6.45) is 3.09. The van der Waals surface area contributed by atoms with Gasteiger partial charge in [0.05, 0.1) is 18.9 Å². The molecule has 20 heavy (non-hydrogen) atoms. The van der Waals surface area contributed by atoms with E-state index in [-0.39, 0.29) is 5.41 Å². The van der Waals surface area contributed by atoms with E-state index in [1.165, 1.54) is 0 Å². The van der Waals surface area contributed by atoms with Crippen LogP contribution in [0, 0.1) is 11.3 Å². The first kappa shape index (κ1) is 15.1. The Balaban J connectivity index is 1.95. The van der Waals surface area contributed by atoms with Gasteiger partial charge in [0.1, 0.15) is 0 Å². The molecule has 1 aromatic rings. The van der Waals surface area contributed by atoms with Gasteiger partial charge in [-0.1, -0.05) is 27.7 Å². The number of aromatic nitrogens is 1. The van der Waals surface area contributed by atoms with E-state index in [9.17, 15) is 0 Å². The Bertz CT molecular complexity index is 446. The van der Waals surface area contributed by atoms with Crippen LogP contribution in [0.15, 0.2) is 18.3 Å². The first-order valence-corrected chi connectivity index (χ1v) is 7.32. The molecule has 1 saturated carbocycles. The highest BCUT2D eigenvalue weighted by atomic mass is 16.5. The van der Waals surface area contributed by atoms with E-state index in [4.69, 9.17) is 9.47 Å². The zero-order chi connectivity index (χ0) is 14.8. The number of hydrogen-bond acceptors (Lipinski definition) is 4. The number of pyridine rings is 1. The van der Waals surface area contributed by atoms with Crippen LogP contribution in [0.1, 0.15) is 34.1 Å². The van der Waals surface area contributed by atoms with E-state index in [1.807, 2.05) is 12.1 Å². The zero-order valence-electron chi connectivity index (χ0n) is 13.1. The van der Waals surface area contributed by atoms with Crippen LogP contribution in [0.25, 0.3) is 0 Å². The van der Waals surface area contributed by atoms with Crippen molar-refractivity contribution in [2.75, 3.05) is 19.0 Å². The third-order valence-electron chi connectivity index (χ3n) is 4.10. The van der Waals surface area contributed by atoms with E-state index in [1.54, 1.807) is 13.3 Å². The van der Waals surface area contributed by atoms with Crippen molar-refractivity contribution in [3.05, 3.63) is 18.3 Å². The lowest BCUT2D eigenvalue weighted by Gasteiger charge is -2.52. The molecular weight excluding hydrogens is 252 g/mol. The maximum Gasteiger partial charge on any atom is 0.237 e. The van der Waals surface area contributed by atoms with Gasteiger partial charge >= 0.3 is 0 Å². The molecule has 0 amide bonds. The largest absolute Gasteiger partial charge is 0.480 e. The molecule has 2 rings (SSSR count). The fourth-order valence-electron chi connectivity index (χ4n) is 2.57. The Morgan fingerprint density at radius 3 is 2.80 bits per heavy atom. The van der Waals surface area contributed by atoms with Crippen LogP contribution in [0.2, 0.25) is 0 Å². The summed E-state index contributed by atoms with van der Waals surface area (Å²) in [6.45, 7) is 9.70. The van der Waals surface area contributed by atoms with Gasteiger partial charge in [0, 0.05) is 24.3 Å². The third-order valence-corrected chi connectivity index (χ3v) is 4.10. The first-order valence-electron chi connectivity index (χ1n) is 7.32. The predicted octanol–water partition coefficient (Wildman–Crippen LogP) is 3.34. The first-order chi connectivity index (χ1) is 9.45. The van der Waals surface area contributed by atoms with Gasteiger partial charge in [-0.25, -0.2) is 4.98 Å². The van der Waals surface area contributed by atoms with Gasteiger partial charge in [0.15, 0.2) is 0 Å². The minimum absolute atomic E-state index is 0.121. The second kappa shape index (κ2) is 6.00. The Kier molecular flexibility index (Phi) is 4.53. The van der Waals surface area contributed by atoms with Gasteiger partial charge in [-0.3, -0.25) is 0 Å². The molecule has 112 valence electrons. The number of methoxy groups -OCH3 is 1. The number of rotatable bonds is 6. The van der Waals surface area contributed by atoms with Gasteiger partial charge in [0.2, 0.25) is 5.88 Å². The van der Waals surface area contributed by atoms with E-state index in [2.05, 4.69) is 38.0 Å². The van der Waals surface area contributed by atoms with Crippen molar-refractivity contribution < 1.29 is 9.47 Å². The van der Waals surface area contributed by atoms with E-state index < -0.39 is 0 Å². The molecule has 1 aromatic heterocycles. The minimum atomic E-state index is 0.121. The molecule has 1 heterocycles. The van der Waals surface area contributed by atoms with Crippen LogP contribution in [0.5, 0.6) is 5.88 Å². The second-order valence-corrected chi connectivity index (χ2v) is 6.53. The summed E-state index contributed by atoms with van der Waals surface area (Å²) in [7, 11) is 1.65. The molecule has 4 nitrogen and oxygen atoms in total. The van der Waals surface area contributed by atoms with Crippen LogP contribution >= 0.6 is 0 Å². The van der Waals surface area contributed by atoms with E-state index >= 15 is 0 Å². The molecule has 0 radical (unpaired) electrons. The van der Waals surface area contributed by atoms with Crippen LogP contribution in [0.3, 0.4) is 0 Å². The Labute approximate surface area is 121 Å². The van der Waals surface area contributed by atoms with Crippen molar-refractivity contribution in [2.24, 2.45) is 11.3 Å². The van der Waals surface area contributed by atoms with Crippen molar-refractivity contribution in [3.63, 3.8) is 0 Å². The summed E-state index contributed by atoms with van der Waals surface area (Å²) in [5.74, 6) is 1.23. The molecule has 0 bridgehead atoms. The SMILES string of the molecule is COc1ncccc1NC1CC(OCC(C)C)C1(C)C. The molecule has 0 aliphatic heterocycles. The molecule has 1 N–H and O–H groups in total. The average Bonchev–Trinajstić information content (AvgIpc) is 2.42. The lowest BCUT2D eigenvalue weighted by molar-refractivity contribution is -0.108. The summed E-state index contributed by atoms with van der Waals surface area (Å²) in [5, 5.41) is 3.54. The topological polar surface area (TPSA) is 43.4 Å².